The highest BCUT2D eigenvalue weighted by Crippen LogP contribution is 2.46. The Balaban J connectivity index is 4.44. The van der Waals surface area contributed by atoms with Gasteiger partial charge in [-0.3, -0.25) is 4.74 Å². The van der Waals surface area contributed by atoms with Crippen LogP contribution < -0.4 is 0 Å². The second-order valence-corrected chi connectivity index (χ2v) is 4.45. The minimum absolute atomic E-state index is 3.31. The Morgan fingerprint density at radius 2 is 1.17 bits per heavy atom. The van der Waals surface area contributed by atoms with Crippen molar-refractivity contribution in [2.24, 2.45) is 0 Å². The molecule has 0 aromatic carbocycles. The molecule has 0 saturated heterocycles. The molecular weight excluding hydrogens is 286 g/mol. The summed E-state index contributed by atoms with van der Waals surface area (Å²) in [5.41, 5.74) is 0. The van der Waals surface area contributed by atoms with Crippen molar-refractivity contribution >= 4 is 58.0 Å². The molecular formula is C3Cl5F3O. The molecule has 74 valence electrons. The third-order valence-corrected chi connectivity index (χ3v) is 1.75. The Morgan fingerprint density at radius 1 is 0.833 bits per heavy atom. The second kappa shape index (κ2) is 3.75. The Hall–Kier alpha value is 1.20. The van der Waals surface area contributed by atoms with Crippen LogP contribution in [-0.4, -0.2) is 14.7 Å². The maximum Gasteiger partial charge on any atom is 0.371 e. The van der Waals surface area contributed by atoms with Crippen LogP contribution in [-0.2, 0) is 4.74 Å². The molecule has 0 aliphatic heterocycles. The van der Waals surface area contributed by atoms with Gasteiger partial charge in [-0.05, 0) is 34.8 Å². The fourth-order valence-electron chi connectivity index (χ4n) is 0.203. The van der Waals surface area contributed by atoms with Crippen LogP contribution in [0.15, 0.2) is 0 Å². The highest BCUT2D eigenvalue weighted by molar-refractivity contribution is 6.52. The summed E-state index contributed by atoms with van der Waals surface area (Å²) in [5, 5.41) is -3.88. The SMILES string of the molecule is FC(Cl)(Cl)OC(F)(Cl)C(F)(Cl)Cl. The topological polar surface area (TPSA) is 9.23 Å². The van der Waals surface area contributed by atoms with E-state index in [4.69, 9.17) is 0 Å². The Bertz CT molecular complexity index is 160. The average Bonchev–Trinajstić information content (AvgIpc) is 1.52. The van der Waals surface area contributed by atoms with Crippen LogP contribution in [0.1, 0.15) is 0 Å². The number of rotatable bonds is 3. The first-order valence-electron chi connectivity index (χ1n) is 2.17. The van der Waals surface area contributed by atoms with Gasteiger partial charge in [0.25, 0.3) is 0 Å². The first kappa shape index (κ1) is 13.2. The van der Waals surface area contributed by atoms with Gasteiger partial charge in [0.05, 0.1) is 0 Å². The lowest BCUT2D eigenvalue weighted by Gasteiger charge is -2.26. The summed E-state index contributed by atoms with van der Waals surface area (Å²) in [4.78, 5) is 0. The summed E-state index contributed by atoms with van der Waals surface area (Å²) < 4.78 is 33.1. The van der Waals surface area contributed by atoms with Gasteiger partial charge in [-0.1, -0.05) is 23.2 Å². The fourth-order valence-corrected chi connectivity index (χ4v) is 0.678. The van der Waals surface area contributed by atoms with E-state index in [1.165, 1.54) is 0 Å². The summed E-state index contributed by atoms with van der Waals surface area (Å²) in [6.07, 6.45) is 0. The zero-order valence-corrected chi connectivity index (χ0v) is 8.71. The standard InChI is InChI=1S/C3Cl5F3O/c4-1(5,9)2(6,10)12-3(7,8)11. The zero-order valence-electron chi connectivity index (χ0n) is 4.93. The Kier molecular flexibility index (Phi) is 4.13. The lowest BCUT2D eigenvalue weighted by molar-refractivity contribution is -0.177. The maximum atomic E-state index is 12.6. The van der Waals surface area contributed by atoms with Crippen molar-refractivity contribution < 1.29 is 17.9 Å². The quantitative estimate of drug-likeness (QED) is 0.712. The first-order chi connectivity index (χ1) is 4.96. The third-order valence-electron chi connectivity index (χ3n) is 0.574. The lowest BCUT2D eigenvalue weighted by Crippen LogP contribution is -2.40. The van der Waals surface area contributed by atoms with E-state index in [2.05, 4.69) is 62.7 Å². The van der Waals surface area contributed by atoms with E-state index in [1.807, 2.05) is 0 Å². The van der Waals surface area contributed by atoms with Gasteiger partial charge in [0, 0.05) is 0 Å². The summed E-state index contributed by atoms with van der Waals surface area (Å²) in [5.74, 6) is 0. The molecule has 9 heteroatoms. The molecule has 0 aliphatic rings. The molecule has 1 unspecified atom stereocenters. The molecule has 0 amide bonds. The Labute approximate surface area is 90.6 Å². The van der Waals surface area contributed by atoms with Crippen molar-refractivity contribution in [2.75, 3.05) is 0 Å². The van der Waals surface area contributed by atoms with Crippen molar-refractivity contribution in [3.63, 3.8) is 0 Å². The molecule has 0 aromatic heterocycles. The van der Waals surface area contributed by atoms with Crippen molar-refractivity contribution in [3.05, 3.63) is 0 Å². The zero-order chi connectivity index (χ0) is 10.2. The van der Waals surface area contributed by atoms with E-state index in [0.717, 1.165) is 0 Å². The van der Waals surface area contributed by atoms with Gasteiger partial charge in [0.2, 0.25) is 0 Å². The van der Waals surface area contributed by atoms with E-state index in [0.29, 0.717) is 0 Å². The van der Waals surface area contributed by atoms with Crippen LogP contribution in [0.2, 0.25) is 0 Å². The van der Waals surface area contributed by atoms with Crippen molar-refractivity contribution in [2.45, 2.75) is 14.7 Å². The molecule has 0 radical (unpaired) electrons. The lowest BCUT2D eigenvalue weighted by atomic mass is 10.7. The van der Waals surface area contributed by atoms with Gasteiger partial charge in [-0.15, -0.1) is 0 Å². The summed E-state index contributed by atoms with van der Waals surface area (Å²) in [6.45, 7) is 0. The molecule has 0 rings (SSSR count). The molecule has 0 spiro atoms. The second-order valence-electron chi connectivity index (χ2n) is 1.56. The predicted octanol–water partition coefficient (Wildman–Crippen LogP) is 4.02. The van der Waals surface area contributed by atoms with Gasteiger partial charge in [0.15, 0.2) is 0 Å². The van der Waals surface area contributed by atoms with Gasteiger partial charge >= 0.3 is 14.7 Å². The number of hydrogen-bond donors (Lipinski definition) is 0. The smallest absolute Gasteiger partial charge is 0.265 e. The molecule has 0 bridgehead atoms. The summed E-state index contributed by atoms with van der Waals surface area (Å²) >= 11 is 22.6. The number of hydrogen-bond acceptors (Lipinski definition) is 1. The van der Waals surface area contributed by atoms with Crippen LogP contribution in [0.4, 0.5) is 13.2 Å². The average molecular weight is 286 g/mol. The van der Waals surface area contributed by atoms with Crippen molar-refractivity contribution in [1.29, 1.82) is 0 Å². The fraction of sp³-hybridized carbons (Fsp3) is 1.00. The Morgan fingerprint density at radius 3 is 1.25 bits per heavy atom. The normalized spacial score (nSPS) is 19.0. The maximum absolute atomic E-state index is 12.6. The van der Waals surface area contributed by atoms with E-state index in [-0.39, 0.29) is 0 Å². The molecule has 0 heterocycles. The monoisotopic (exact) mass is 284 g/mol. The predicted molar refractivity (Wildman–Crippen MR) is 41.9 cm³/mol. The van der Waals surface area contributed by atoms with Crippen LogP contribution in [0.3, 0.4) is 0 Å². The largest absolute Gasteiger partial charge is 0.371 e. The van der Waals surface area contributed by atoms with Crippen LogP contribution in [0.25, 0.3) is 0 Å². The molecule has 0 fully saturated rings. The number of ether oxygens (including phenoxy) is 1. The van der Waals surface area contributed by atoms with Gasteiger partial charge in [-0.2, -0.15) is 13.2 Å². The summed E-state index contributed by atoms with van der Waals surface area (Å²) in [6, 6.07) is 0. The van der Waals surface area contributed by atoms with Gasteiger partial charge in [0.1, 0.15) is 0 Å². The van der Waals surface area contributed by atoms with E-state index in [1.54, 1.807) is 0 Å². The molecule has 0 aliphatic carbocycles. The van der Waals surface area contributed by atoms with E-state index < -0.39 is 14.7 Å². The van der Waals surface area contributed by atoms with Gasteiger partial charge in [-0.25, -0.2) is 0 Å². The number of halogens is 8. The minimum atomic E-state index is -3.88. The highest BCUT2D eigenvalue weighted by Gasteiger charge is 2.56. The highest BCUT2D eigenvalue weighted by atomic mass is 35.5. The summed E-state index contributed by atoms with van der Waals surface area (Å²) in [7, 11) is 0. The number of alkyl halides is 8. The first-order valence-corrected chi connectivity index (χ1v) is 4.06. The van der Waals surface area contributed by atoms with Crippen molar-refractivity contribution in [1.82, 2.24) is 0 Å². The molecule has 1 atom stereocenters. The minimum Gasteiger partial charge on any atom is -0.265 e. The van der Waals surface area contributed by atoms with Crippen LogP contribution in [0.5, 0.6) is 0 Å². The molecule has 1 nitrogen and oxygen atoms in total. The van der Waals surface area contributed by atoms with E-state index in [9.17, 15) is 13.2 Å². The van der Waals surface area contributed by atoms with Gasteiger partial charge < -0.3 is 0 Å². The molecule has 0 N–H and O–H groups in total. The van der Waals surface area contributed by atoms with E-state index >= 15 is 0 Å². The molecule has 0 aromatic rings. The van der Waals surface area contributed by atoms with Crippen molar-refractivity contribution in [3.8, 4) is 0 Å². The molecule has 12 heavy (non-hydrogen) atoms. The third kappa shape index (κ3) is 4.44. The molecule has 0 saturated carbocycles. The van der Waals surface area contributed by atoms with Crippen LogP contribution >= 0.6 is 58.0 Å². The van der Waals surface area contributed by atoms with Crippen LogP contribution in [0, 0.1) is 0 Å².